The maximum atomic E-state index is 13.1. The van der Waals surface area contributed by atoms with Crippen LogP contribution in [0.5, 0.6) is 5.75 Å². The lowest BCUT2D eigenvalue weighted by Crippen LogP contribution is -2.32. The van der Waals surface area contributed by atoms with E-state index >= 15 is 0 Å². The second-order valence-electron chi connectivity index (χ2n) is 8.87. The van der Waals surface area contributed by atoms with Crippen LogP contribution >= 0.6 is 0 Å². The number of hydrogen-bond donors (Lipinski definition) is 1. The quantitative estimate of drug-likeness (QED) is 0.754. The van der Waals surface area contributed by atoms with E-state index in [0.29, 0.717) is 42.8 Å². The summed E-state index contributed by atoms with van der Waals surface area (Å²) in [4.78, 5) is 12.9. The number of methoxy groups -OCH3 is 1. The molecule has 4 rings (SSSR count). The Morgan fingerprint density at radius 2 is 1.90 bits per heavy atom. The van der Waals surface area contributed by atoms with E-state index in [2.05, 4.69) is 5.32 Å². The summed E-state index contributed by atoms with van der Waals surface area (Å²) in [7, 11) is -2.04. The average molecular weight is 421 g/mol. The molecule has 0 aromatic heterocycles. The van der Waals surface area contributed by atoms with Gasteiger partial charge in [-0.1, -0.05) is 19.3 Å². The Labute approximate surface area is 174 Å². The highest BCUT2D eigenvalue weighted by Gasteiger charge is 2.40. The Hall–Kier alpha value is -1.60. The molecule has 3 fully saturated rings. The number of carbonyl (C=O) groups excluding carboxylic acids is 1. The van der Waals surface area contributed by atoms with Crippen LogP contribution in [-0.4, -0.2) is 38.8 Å². The van der Waals surface area contributed by atoms with Crippen molar-refractivity contribution >= 4 is 21.6 Å². The highest BCUT2D eigenvalue weighted by molar-refractivity contribution is 7.89. The molecular formula is C22H32N2O4S. The van der Waals surface area contributed by atoms with Crippen LogP contribution < -0.4 is 10.1 Å². The van der Waals surface area contributed by atoms with Gasteiger partial charge in [-0.15, -0.1) is 0 Å². The first-order valence-corrected chi connectivity index (χ1v) is 12.4. The number of fused-ring (bicyclic) bond motifs is 2. The topological polar surface area (TPSA) is 75.7 Å². The van der Waals surface area contributed by atoms with E-state index in [9.17, 15) is 13.2 Å². The minimum Gasteiger partial charge on any atom is -0.495 e. The van der Waals surface area contributed by atoms with Gasteiger partial charge in [-0.3, -0.25) is 4.79 Å². The van der Waals surface area contributed by atoms with Gasteiger partial charge in [0, 0.05) is 19.5 Å². The minimum absolute atomic E-state index is 0.0508. The summed E-state index contributed by atoms with van der Waals surface area (Å²) in [6, 6.07) is 4.76. The molecule has 0 radical (unpaired) electrons. The summed E-state index contributed by atoms with van der Waals surface area (Å²) in [6.45, 7) is 1.11. The lowest BCUT2D eigenvalue weighted by molar-refractivity contribution is -0.117. The number of nitrogens with one attached hydrogen (secondary N) is 1. The first-order chi connectivity index (χ1) is 14.0. The van der Waals surface area contributed by atoms with Crippen molar-refractivity contribution in [3.8, 4) is 5.75 Å². The first kappa shape index (κ1) is 20.7. The van der Waals surface area contributed by atoms with Crippen molar-refractivity contribution in [2.75, 3.05) is 25.5 Å². The van der Waals surface area contributed by atoms with Gasteiger partial charge in [0.05, 0.1) is 17.7 Å². The van der Waals surface area contributed by atoms with Gasteiger partial charge in [-0.05, 0) is 68.1 Å². The lowest BCUT2D eigenvalue weighted by Gasteiger charge is -2.22. The number of benzene rings is 1. The van der Waals surface area contributed by atoms with E-state index in [4.69, 9.17) is 4.74 Å². The van der Waals surface area contributed by atoms with Crippen molar-refractivity contribution in [3.63, 3.8) is 0 Å². The predicted octanol–water partition coefficient (Wildman–Crippen LogP) is 4.02. The van der Waals surface area contributed by atoms with Crippen LogP contribution in [0.25, 0.3) is 0 Å². The smallest absolute Gasteiger partial charge is 0.243 e. The molecule has 1 saturated heterocycles. The standard InChI is InChI=1S/C22H32N2O4S/c1-28-21-9-8-19(29(26,27)24-10-4-2-3-5-11-24)15-20(21)23-22(25)14-18-13-16-6-7-17(18)12-16/h8-9,15-18H,2-7,10-14H2,1H3,(H,23,25). The monoisotopic (exact) mass is 420 g/mol. The molecule has 6 nitrogen and oxygen atoms in total. The third-order valence-corrected chi connectivity index (χ3v) is 8.87. The van der Waals surface area contributed by atoms with Crippen LogP contribution in [-0.2, 0) is 14.8 Å². The Balaban J connectivity index is 1.49. The van der Waals surface area contributed by atoms with Crippen LogP contribution in [0.2, 0.25) is 0 Å². The van der Waals surface area contributed by atoms with Gasteiger partial charge in [-0.25, -0.2) is 8.42 Å². The van der Waals surface area contributed by atoms with E-state index in [0.717, 1.165) is 38.0 Å². The van der Waals surface area contributed by atoms with Gasteiger partial charge in [-0.2, -0.15) is 4.31 Å². The highest BCUT2D eigenvalue weighted by Crippen LogP contribution is 2.49. The molecule has 1 aromatic carbocycles. The normalized spacial score (nSPS) is 27.6. The fourth-order valence-electron chi connectivity index (χ4n) is 5.44. The summed E-state index contributed by atoms with van der Waals surface area (Å²) in [5.74, 6) is 2.38. The van der Waals surface area contributed by atoms with E-state index in [1.807, 2.05) is 0 Å². The maximum absolute atomic E-state index is 13.1. The molecule has 1 heterocycles. The van der Waals surface area contributed by atoms with E-state index in [1.165, 1.54) is 26.4 Å². The van der Waals surface area contributed by atoms with Crippen LogP contribution in [0, 0.1) is 17.8 Å². The Bertz CT molecular complexity index is 846. The molecule has 3 atom stereocenters. The van der Waals surface area contributed by atoms with Crippen molar-refractivity contribution in [1.29, 1.82) is 0 Å². The summed E-state index contributed by atoms with van der Waals surface area (Å²) in [5, 5.41) is 2.93. The number of carbonyl (C=O) groups is 1. The molecule has 2 bridgehead atoms. The molecule has 7 heteroatoms. The highest BCUT2D eigenvalue weighted by atomic mass is 32.2. The fraction of sp³-hybridized carbons (Fsp3) is 0.682. The largest absolute Gasteiger partial charge is 0.495 e. The van der Waals surface area contributed by atoms with Crippen molar-refractivity contribution in [1.82, 2.24) is 4.31 Å². The number of amides is 1. The third kappa shape index (κ3) is 4.45. The molecule has 1 aliphatic heterocycles. The summed E-state index contributed by atoms with van der Waals surface area (Å²) < 4.78 is 33.2. The van der Waals surface area contributed by atoms with Crippen molar-refractivity contribution in [3.05, 3.63) is 18.2 Å². The van der Waals surface area contributed by atoms with Crippen molar-refractivity contribution in [2.45, 2.75) is 62.7 Å². The Morgan fingerprint density at radius 1 is 1.14 bits per heavy atom. The van der Waals surface area contributed by atoms with Gasteiger partial charge >= 0.3 is 0 Å². The summed E-state index contributed by atoms with van der Waals surface area (Å²) in [5.41, 5.74) is 0.441. The first-order valence-electron chi connectivity index (χ1n) is 11.0. The Kier molecular flexibility index (Phi) is 6.16. The lowest BCUT2D eigenvalue weighted by atomic mass is 9.86. The number of hydrogen-bond acceptors (Lipinski definition) is 4. The van der Waals surface area contributed by atoms with Gasteiger partial charge in [0.2, 0.25) is 15.9 Å². The second-order valence-corrected chi connectivity index (χ2v) is 10.8. The zero-order valence-electron chi connectivity index (χ0n) is 17.2. The number of anilines is 1. The number of ether oxygens (including phenoxy) is 1. The molecule has 3 aliphatic rings. The van der Waals surface area contributed by atoms with Crippen molar-refractivity contribution in [2.24, 2.45) is 17.8 Å². The molecule has 160 valence electrons. The summed E-state index contributed by atoms with van der Waals surface area (Å²) in [6.07, 6.45) is 9.41. The summed E-state index contributed by atoms with van der Waals surface area (Å²) >= 11 is 0. The average Bonchev–Trinajstić information content (AvgIpc) is 3.20. The van der Waals surface area contributed by atoms with Crippen molar-refractivity contribution < 1.29 is 17.9 Å². The zero-order chi connectivity index (χ0) is 20.4. The van der Waals surface area contributed by atoms with Crippen LogP contribution in [0.1, 0.15) is 57.8 Å². The zero-order valence-corrected chi connectivity index (χ0v) is 18.0. The van der Waals surface area contributed by atoms with E-state index in [-0.39, 0.29) is 10.8 Å². The van der Waals surface area contributed by atoms with Gasteiger partial charge < -0.3 is 10.1 Å². The molecular weight excluding hydrogens is 388 g/mol. The van der Waals surface area contributed by atoms with Crippen LogP contribution in [0.15, 0.2) is 23.1 Å². The second kappa shape index (κ2) is 8.64. The van der Waals surface area contributed by atoms with Gasteiger partial charge in [0.25, 0.3) is 0 Å². The van der Waals surface area contributed by atoms with E-state index < -0.39 is 10.0 Å². The molecule has 1 aromatic rings. The predicted molar refractivity (Wildman–Crippen MR) is 112 cm³/mol. The van der Waals surface area contributed by atoms with E-state index in [1.54, 1.807) is 22.5 Å². The maximum Gasteiger partial charge on any atom is 0.243 e. The molecule has 1 amide bonds. The van der Waals surface area contributed by atoms with Crippen LogP contribution in [0.4, 0.5) is 5.69 Å². The fourth-order valence-corrected chi connectivity index (χ4v) is 6.99. The molecule has 2 aliphatic carbocycles. The molecule has 1 N–H and O–H groups in total. The molecule has 3 unspecified atom stereocenters. The van der Waals surface area contributed by atoms with Gasteiger partial charge in [0.15, 0.2) is 0 Å². The van der Waals surface area contributed by atoms with Crippen LogP contribution in [0.3, 0.4) is 0 Å². The minimum atomic E-state index is -3.57. The number of rotatable bonds is 6. The molecule has 29 heavy (non-hydrogen) atoms. The number of sulfonamides is 1. The molecule has 0 spiro atoms. The molecule has 2 saturated carbocycles. The third-order valence-electron chi connectivity index (χ3n) is 6.98. The SMILES string of the molecule is COc1ccc(S(=O)(=O)N2CCCCCC2)cc1NC(=O)CC1CC2CCC1C2. The Morgan fingerprint density at radius 3 is 2.52 bits per heavy atom. The van der Waals surface area contributed by atoms with Gasteiger partial charge in [0.1, 0.15) is 5.75 Å². The number of nitrogens with zero attached hydrogens (tertiary/aromatic N) is 1.